The lowest BCUT2D eigenvalue weighted by atomic mass is 10.3. The summed E-state index contributed by atoms with van der Waals surface area (Å²) in [6.45, 7) is 1.42. The van der Waals surface area contributed by atoms with Gasteiger partial charge in [0.25, 0.3) is 0 Å². The van der Waals surface area contributed by atoms with E-state index in [2.05, 4.69) is 0 Å². The third-order valence-electron chi connectivity index (χ3n) is 3.33. The summed E-state index contributed by atoms with van der Waals surface area (Å²) in [6, 6.07) is 12.3. The third-order valence-corrected chi connectivity index (χ3v) is 6.74. The molecule has 0 spiro atoms. The van der Waals surface area contributed by atoms with Crippen LogP contribution in [0, 0.1) is 0 Å². The number of sulfone groups is 1. The Morgan fingerprint density at radius 3 is 2.41 bits per heavy atom. The van der Waals surface area contributed by atoms with Gasteiger partial charge in [0.1, 0.15) is 5.25 Å². The number of hydrogen-bond acceptors (Lipinski definition) is 4. The Kier molecular flexibility index (Phi) is 5.26. The van der Waals surface area contributed by atoms with Crippen molar-refractivity contribution in [2.45, 2.75) is 17.9 Å². The number of para-hydroxylation sites is 1. The van der Waals surface area contributed by atoms with Crippen molar-refractivity contribution >= 4 is 44.4 Å². The van der Waals surface area contributed by atoms with Crippen molar-refractivity contribution in [3.8, 4) is 0 Å². The summed E-state index contributed by atoms with van der Waals surface area (Å²) < 4.78 is 25.3. The molecule has 1 atom stereocenters. The first-order valence-electron chi connectivity index (χ1n) is 6.59. The molecule has 0 saturated heterocycles. The van der Waals surface area contributed by atoms with Crippen LogP contribution in [0.25, 0.3) is 0 Å². The minimum Gasteiger partial charge on any atom is -0.314 e. The van der Waals surface area contributed by atoms with Gasteiger partial charge in [0.05, 0.1) is 10.1 Å². The number of carbonyl (C=O) groups is 1. The second-order valence-electron chi connectivity index (χ2n) is 4.89. The topological polar surface area (TPSA) is 54.5 Å². The van der Waals surface area contributed by atoms with Crippen LogP contribution in [0.4, 0.5) is 5.69 Å². The van der Waals surface area contributed by atoms with E-state index in [1.807, 2.05) is 6.07 Å². The summed E-state index contributed by atoms with van der Waals surface area (Å²) in [4.78, 5) is 14.4. The van der Waals surface area contributed by atoms with Gasteiger partial charge in [-0.15, -0.1) is 11.3 Å². The van der Waals surface area contributed by atoms with Crippen molar-refractivity contribution in [1.29, 1.82) is 0 Å². The fourth-order valence-electron chi connectivity index (χ4n) is 1.96. The maximum Gasteiger partial charge on any atom is 0.244 e. The summed E-state index contributed by atoms with van der Waals surface area (Å²) >= 11 is 7.02. The SMILES string of the molecule is C[C@H](C(=O)N(C)c1ccccc1)S(=O)(=O)Cc1ccc(Cl)s1. The van der Waals surface area contributed by atoms with Crippen LogP contribution in [0.15, 0.2) is 42.5 Å². The van der Waals surface area contributed by atoms with E-state index in [1.165, 1.54) is 23.2 Å². The molecular weight excluding hydrogens is 342 g/mol. The predicted octanol–water partition coefficient (Wildman–Crippen LogP) is 3.37. The van der Waals surface area contributed by atoms with Crippen molar-refractivity contribution in [2.75, 3.05) is 11.9 Å². The standard InChI is InChI=1S/C15H16ClNO3S2/c1-11(15(18)17(2)12-6-4-3-5-7-12)22(19,20)10-13-8-9-14(16)21-13/h3-9,11H,10H2,1-2H3/t11-/m1/s1. The second-order valence-corrected chi connectivity index (χ2v) is 9.01. The van der Waals surface area contributed by atoms with Crippen molar-refractivity contribution in [1.82, 2.24) is 0 Å². The maximum atomic E-state index is 12.4. The number of benzene rings is 1. The molecule has 0 unspecified atom stereocenters. The van der Waals surface area contributed by atoms with Gasteiger partial charge in [0, 0.05) is 17.6 Å². The van der Waals surface area contributed by atoms with E-state index in [4.69, 9.17) is 11.6 Å². The normalized spacial score (nSPS) is 12.9. The van der Waals surface area contributed by atoms with Crippen LogP contribution in [-0.4, -0.2) is 26.6 Å². The molecule has 0 N–H and O–H groups in total. The highest BCUT2D eigenvalue weighted by atomic mass is 35.5. The van der Waals surface area contributed by atoms with Crippen LogP contribution >= 0.6 is 22.9 Å². The van der Waals surface area contributed by atoms with Gasteiger partial charge in [-0.05, 0) is 31.2 Å². The molecule has 2 aromatic rings. The fourth-order valence-corrected chi connectivity index (χ4v) is 4.78. The number of amides is 1. The minimum absolute atomic E-state index is 0.181. The van der Waals surface area contributed by atoms with Crippen LogP contribution in [0.5, 0.6) is 0 Å². The number of nitrogens with zero attached hydrogens (tertiary/aromatic N) is 1. The Hall–Kier alpha value is -1.37. The molecule has 4 nitrogen and oxygen atoms in total. The highest BCUT2D eigenvalue weighted by Gasteiger charge is 2.31. The monoisotopic (exact) mass is 357 g/mol. The molecule has 1 aromatic heterocycles. The summed E-state index contributed by atoms with van der Waals surface area (Å²) in [7, 11) is -2.02. The van der Waals surface area contributed by atoms with E-state index < -0.39 is 21.0 Å². The minimum atomic E-state index is -3.59. The smallest absolute Gasteiger partial charge is 0.244 e. The number of hydrogen-bond donors (Lipinski definition) is 0. The zero-order valence-electron chi connectivity index (χ0n) is 12.2. The summed E-state index contributed by atoms with van der Waals surface area (Å²) in [5.41, 5.74) is 0.661. The molecule has 0 radical (unpaired) electrons. The Morgan fingerprint density at radius 2 is 1.86 bits per heavy atom. The highest BCUT2D eigenvalue weighted by Crippen LogP contribution is 2.25. The van der Waals surface area contributed by atoms with Gasteiger partial charge < -0.3 is 4.90 Å². The largest absolute Gasteiger partial charge is 0.314 e. The highest BCUT2D eigenvalue weighted by molar-refractivity contribution is 7.92. The molecule has 1 amide bonds. The first-order valence-corrected chi connectivity index (χ1v) is 9.50. The van der Waals surface area contributed by atoms with E-state index in [0.29, 0.717) is 14.9 Å². The first kappa shape index (κ1) is 17.0. The lowest BCUT2D eigenvalue weighted by Crippen LogP contribution is -2.39. The molecule has 7 heteroatoms. The molecule has 1 heterocycles. The van der Waals surface area contributed by atoms with Crippen molar-refractivity contribution < 1.29 is 13.2 Å². The van der Waals surface area contributed by atoms with Gasteiger partial charge >= 0.3 is 0 Å². The van der Waals surface area contributed by atoms with Gasteiger partial charge in [0.2, 0.25) is 5.91 Å². The molecular formula is C15H16ClNO3S2. The summed E-state index contributed by atoms with van der Waals surface area (Å²) in [5.74, 6) is -0.631. The van der Waals surface area contributed by atoms with Crippen LogP contribution in [0.3, 0.4) is 0 Å². The molecule has 0 aliphatic rings. The van der Waals surface area contributed by atoms with Crippen molar-refractivity contribution in [2.24, 2.45) is 0 Å². The summed E-state index contributed by atoms with van der Waals surface area (Å²) in [6.07, 6.45) is 0. The quantitative estimate of drug-likeness (QED) is 0.824. The number of anilines is 1. The van der Waals surface area contributed by atoms with E-state index in [1.54, 1.807) is 43.4 Å². The lowest BCUT2D eigenvalue weighted by molar-refractivity contribution is -0.117. The molecule has 2 rings (SSSR count). The summed E-state index contributed by atoms with van der Waals surface area (Å²) in [5, 5.41) is -1.11. The Balaban J connectivity index is 2.15. The van der Waals surface area contributed by atoms with E-state index in [-0.39, 0.29) is 5.75 Å². The van der Waals surface area contributed by atoms with Crippen LogP contribution < -0.4 is 4.90 Å². The van der Waals surface area contributed by atoms with Gasteiger partial charge in [-0.3, -0.25) is 4.79 Å². The fraction of sp³-hybridized carbons (Fsp3) is 0.267. The maximum absolute atomic E-state index is 12.4. The molecule has 1 aromatic carbocycles. The molecule has 0 aliphatic heterocycles. The molecule has 118 valence electrons. The zero-order valence-corrected chi connectivity index (χ0v) is 14.6. The van der Waals surface area contributed by atoms with Crippen LogP contribution in [0.1, 0.15) is 11.8 Å². The molecule has 0 bridgehead atoms. The molecule has 0 aliphatic carbocycles. The second kappa shape index (κ2) is 6.81. The Labute approximate surface area is 139 Å². The number of halogens is 1. The van der Waals surface area contributed by atoms with Crippen molar-refractivity contribution in [3.05, 3.63) is 51.7 Å². The lowest BCUT2D eigenvalue weighted by Gasteiger charge is -2.21. The molecule has 0 fully saturated rings. The first-order chi connectivity index (χ1) is 10.3. The number of carbonyl (C=O) groups excluding carboxylic acids is 1. The van der Waals surface area contributed by atoms with Crippen molar-refractivity contribution in [3.63, 3.8) is 0 Å². The third kappa shape index (κ3) is 3.88. The molecule has 0 saturated carbocycles. The average Bonchev–Trinajstić information content (AvgIpc) is 2.90. The van der Waals surface area contributed by atoms with E-state index in [9.17, 15) is 13.2 Å². The van der Waals surface area contributed by atoms with Crippen LogP contribution in [-0.2, 0) is 20.4 Å². The number of thiophene rings is 1. The van der Waals surface area contributed by atoms with Gasteiger partial charge in [0.15, 0.2) is 9.84 Å². The Bertz CT molecular complexity index is 756. The zero-order chi connectivity index (χ0) is 16.3. The van der Waals surface area contributed by atoms with Gasteiger partial charge in [-0.1, -0.05) is 29.8 Å². The average molecular weight is 358 g/mol. The van der Waals surface area contributed by atoms with Gasteiger partial charge in [-0.25, -0.2) is 8.42 Å². The Morgan fingerprint density at radius 1 is 1.23 bits per heavy atom. The molecule has 22 heavy (non-hydrogen) atoms. The predicted molar refractivity (Wildman–Crippen MR) is 91.3 cm³/mol. The van der Waals surface area contributed by atoms with Gasteiger partial charge in [-0.2, -0.15) is 0 Å². The van der Waals surface area contributed by atoms with E-state index >= 15 is 0 Å². The number of rotatable bonds is 5. The van der Waals surface area contributed by atoms with Crippen LogP contribution in [0.2, 0.25) is 4.34 Å². The van der Waals surface area contributed by atoms with E-state index in [0.717, 1.165) is 0 Å².